The fraction of sp³-hybridized carbons (Fsp3) is 0.400. The number of benzene rings is 1. The summed E-state index contributed by atoms with van der Waals surface area (Å²) >= 11 is 1.53. The molecule has 152 valence electrons. The first-order valence-electron chi connectivity index (χ1n) is 9.81. The highest BCUT2D eigenvalue weighted by Crippen LogP contribution is 2.27. The first-order valence-corrected chi connectivity index (χ1v) is 10.6. The molecular weight excluding hydrogens is 384 g/mol. The Labute approximate surface area is 175 Å². The predicted molar refractivity (Wildman–Crippen MR) is 116 cm³/mol. The van der Waals surface area contributed by atoms with Crippen LogP contribution in [-0.2, 0) is 0 Å². The van der Waals surface area contributed by atoms with Gasteiger partial charge < -0.3 is 15.1 Å². The molecule has 0 aliphatic carbocycles. The van der Waals surface area contributed by atoms with Crippen LogP contribution in [-0.4, -0.2) is 63.3 Å². The van der Waals surface area contributed by atoms with E-state index < -0.39 is 0 Å². The first-order chi connectivity index (χ1) is 14.1. The minimum atomic E-state index is 0.376. The molecule has 9 heteroatoms. The Balaban J connectivity index is 1.61. The van der Waals surface area contributed by atoms with Gasteiger partial charge in [-0.25, -0.2) is 0 Å². The number of piperazine rings is 1. The highest BCUT2D eigenvalue weighted by atomic mass is 32.2. The lowest BCUT2D eigenvalue weighted by molar-refractivity contribution is 0.311. The number of nitrogens with one attached hydrogen (secondary N) is 2. The van der Waals surface area contributed by atoms with Crippen LogP contribution in [0.15, 0.2) is 46.5 Å². The maximum atomic E-state index is 4.73. The lowest BCUT2D eigenvalue weighted by Crippen LogP contribution is -2.45. The summed E-state index contributed by atoms with van der Waals surface area (Å²) in [7, 11) is 2.14. The Hall–Kier alpha value is -2.65. The third-order valence-corrected chi connectivity index (χ3v) is 5.67. The fourth-order valence-corrected chi connectivity index (χ4v) is 3.76. The fourth-order valence-electron chi connectivity index (χ4n) is 3.00. The quantitative estimate of drug-likeness (QED) is 0.640. The van der Waals surface area contributed by atoms with Crippen LogP contribution in [0.2, 0.25) is 0 Å². The smallest absolute Gasteiger partial charge is 0.234 e. The molecule has 0 amide bonds. The molecule has 0 atom stereocenters. The van der Waals surface area contributed by atoms with Crippen LogP contribution < -0.4 is 10.2 Å². The Bertz CT molecular complexity index is 935. The van der Waals surface area contributed by atoms with E-state index in [9.17, 15) is 0 Å². The van der Waals surface area contributed by atoms with Crippen molar-refractivity contribution in [2.75, 3.05) is 43.4 Å². The molecule has 2 N–H and O–H groups in total. The largest absolute Gasteiger partial charge is 0.338 e. The third-order valence-electron chi connectivity index (χ3n) is 4.80. The van der Waals surface area contributed by atoms with Gasteiger partial charge in [-0.3, -0.25) is 5.10 Å². The van der Waals surface area contributed by atoms with Crippen molar-refractivity contribution in [3.05, 3.63) is 42.1 Å². The summed E-state index contributed by atoms with van der Waals surface area (Å²) in [5.74, 6) is 2.30. The van der Waals surface area contributed by atoms with Gasteiger partial charge in [0.2, 0.25) is 11.9 Å². The highest BCUT2D eigenvalue weighted by Gasteiger charge is 2.19. The number of aromatic amines is 1. The number of H-pyrrole nitrogens is 1. The van der Waals surface area contributed by atoms with E-state index in [2.05, 4.69) is 68.3 Å². The van der Waals surface area contributed by atoms with E-state index in [-0.39, 0.29) is 0 Å². The second-order valence-corrected chi connectivity index (χ2v) is 8.48. The molecule has 3 aromatic rings. The van der Waals surface area contributed by atoms with Gasteiger partial charge in [-0.2, -0.15) is 20.1 Å². The van der Waals surface area contributed by atoms with Gasteiger partial charge in [-0.05, 0) is 36.9 Å². The lowest BCUT2D eigenvalue weighted by Gasteiger charge is -2.32. The lowest BCUT2D eigenvalue weighted by atomic mass is 10.1. The van der Waals surface area contributed by atoms with E-state index >= 15 is 0 Å². The van der Waals surface area contributed by atoms with Gasteiger partial charge in [0.15, 0.2) is 11.0 Å². The number of nitrogens with zero attached hydrogens (tertiary/aromatic N) is 6. The molecule has 3 heterocycles. The number of hydrogen-bond donors (Lipinski definition) is 2. The van der Waals surface area contributed by atoms with Crippen LogP contribution in [0.1, 0.15) is 25.5 Å². The summed E-state index contributed by atoms with van der Waals surface area (Å²) < 4.78 is 0. The molecule has 1 aromatic carbocycles. The predicted octanol–water partition coefficient (Wildman–Crippen LogP) is 3.36. The number of likely N-dealkylation sites (N-methyl/N-ethyl adjacent to an activating group) is 1. The molecule has 1 saturated heterocycles. The van der Waals surface area contributed by atoms with E-state index in [1.54, 1.807) is 0 Å². The summed E-state index contributed by atoms with van der Waals surface area (Å²) in [6.45, 7) is 8.03. The van der Waals surface area contributed by atoms with E-state index in [0.29, 0.717) is 28.8 Å². The molecule has 0 unspecified atom stereocenters. The van der Waals surface area contributed by atoms with E-state index in [1.165, 1.54) is 11.8 Å². The normalized spacial score (nSPS) is 15.1. The zero-order valence-electron chi connectivity index (χ0n) is 17.0. The van der Waals surface area contributed by atoms with Gasteiger partial charge in [0.25, 0.3) is 0 Å². The van der Waals surface area contributed by atoms with Gasteiger partial charge >= 0.3 is 0 Å². The summed E-state index contributed by atoms with van der Waals surface area (Å²) in [5.41, 5.74) is 1.07. The van der Waals surface area contributed by atoms with Crippen molar-refractivity contribution in [3.8, 4) is 0 Å². The monoisotopic (exact) mass is 410 g/mol. The second kappa shape index (κ2) is 8.79. The molecular formula is C20H26N8S. The minimum Gasteiger partial charge on any atom is -0.338 e. The number of aromatic nitrogens is 5. The average molecular weight is 411 g/mol. The zero-order valence-corrected chi connectivity index (χ0v) is 17.8. The van der Waals surface area contributed by atoms with Crippen molar-refractivity contribution in [1.82, 2.24) is 30.0 Å². The Morgan fingerprint density at radius 2 is 1.79 bits per heavy atom. The van der Waals surface area contributed by atoms with Crippen molar-refractivity contribution in [2.24, 2.45) is 0 Å². The standard InChI is InChI=1S/C20H26N8S/c1-14(2)16-13-17(26-25-16)21-18-22-19(28-11-9-27(3)10-12-28)24-20(23-18)29-15-7-5-4-6-8-15/h4-8,13-14H,9-12H2,1-3H3,(H2,21,22,23,24,25,26). The van der Waals surface area contributed by atoms with Crippen molar-refractivity contribution in [1.29, 1.82) is 0 Å². The maximum Gasteiger partial charge on any atom is 0.234 e. The molecule has 0 saturated carbocycles. The van der Waals surface area contributed by atoms with Gasteiger partial charge in [0.05, 0.1) is 0 Å². The van der Waals surface area contributed by atoms with Crippen molar-refractivity contribution in [2.45, 2.75) is 29.8 Å². The maximum absolute atomic E-state index is 4.73. The Morgan fingerprint density at radius 1 is 1.03 bits per heavy atom. The van der Waals surface area contributed by atoms with Crippen molar-refractivity contribution < 1.29 is 0 Å². The van der Waals surface area contributed by atoms with Crippen LogP contribution in [0.5, 0.6) is 0 Å². The van der Waals surface area contributed by atoms with Crippen molar-refractivity contribution >= 4 is 29.5 Å². The number of rotatable bonds is 6. The summed E-state index contributed by atoms with van der Waals surface area (Å²) in [5, 5.41) is 11.3. The number of anilines is 3. The summed E-state index contributed by atoms with van der Waals surface area (Å²) in [6, 6.07) is 12.1. The van der Waals surface area contributed by atoms with Gasteiger partial charge in [0, 0.05) is 42.8 Å². The van der Waals surface area contributed by atoms with Gasteiger partial charge in [0.1, 0.15) is 0 Å². The van der Waals surface area contributed by atoms with Gasteiger partial charge in [-0.1, -0.05) is 32.0 Å². The van der Waals surface area contributed by atoms with E-state index in [0.717, 1.165) is 36.8 Å². The van der Waals surface area contributed by atoms with Crippen LogP contribution in [0.4, 0.5) is 17.7 Å². The van der Waals surface area contributed by atoms with E-state index in [4.69, 9.17) is 4.98 Å². The number of hydrogen-bond acceptors (Lipinski definition) is 8. The molecule has 0 bridgehead atoms. The van der Waals surface area contributed by atoms with Crippen LogP contribution >= 0.6 is 11.8 Å². The molecule has 1 aliphatic heterocycles. The van der Waals surface area contributed by atoms with Crippen LogP contribution in [0, 0.1) is 0 Å². The Morgan fingerprint density at radius 3 is 2.48 bits per heavy atom. The topological polar surface area (TPSA) is 85.9 Å². The molecule has 0 radical (unpaired) electrons. The SMILES string of the molecule is CC(C)c1cc(Nc2nc(Sc3ccccc3)nc(N3CCN(C)CC3)n2)n[nH]1. The molecule has 29 heavy (non-hydrogen) atoms. The third kappa shape index (κ3) is 5.04. The molecule has 1 fully saturated rings. The minimum absolute atomic E-state index is 0.376. The van der Waals surface area contributed by atoms with Gasteiger partial charge in [-0.15, -0.1) is 0 Å². The highest BCUT2D eigenvalue weighted by molar-refractivity contribution is 7.99. The zero-order chi connectivity index (χ0) is 20.2. The summed E-state index contributed by atoms with van der Waals surface area (Å²) in [4.78, 5) is 19.7. The van der Waals surface area contributed by atoms with E-state index in [1.807, 2.05) is 24.3 Å². The Kier molecular flexibility index (Phi) is 5.96. The van der Waals surface area contributed by atoms with Crippen molar-refractivity contribution in [3.63, 3.8) is 0 Å². The molecule has 4 rings (SSSR count). The average Bonchev–Trinajstić information content (AvgIpc) is 3.18. The van der Waals surface area contributed by atoms with Crippen LogP contribution in [0.3, 0.4) is 0 Å². The molecule has 8 nitrogen and oxygen atoms in total. The molecule has 2 aromatic heterocycles. The van der Waals surface area contributed by atoms with Crippen LogP contribution in [0.25, 0.3) is 0 Å². The molecule has 1 aliphatic rings. The summed E-state index contributed by atoms with van der Waals surface area (Å²) in [6.07, 6.45) is 0. The second-order valence-electron chi connectivity index (χ2n) is 7.44. The first kappa shape index (κ1) is 19.7. The molecule has 0 spiro atoms.